The molecule has 2 fully saturated rings. The SMILES string of the molecule is CNCC(CCN1CCCCC1N1CCCNC1=O)c1ccc(Cl)c(Cl)c1. The first kappa shape index (κ1) is 20.7. The Bertz CT molecular complexity index is 642. The van der Waals surface area contributed by atoms with E-state index in [-0.39, 0.29) is 12.2 Å². The van der Waals surface area contributed by atoms with Crippen molar-refractivity contribution in [3.63, 3.8) is 0 Å². The molecule has 2 N–H and O–H groups in total. The lowest BCUT2D eigenvalue weighted by molar-refractivity contribution is 0.0283. The van der Waals surface area contributed by atoms with Crippen LogP contribution in [-0.4, -0.2) is 61.8 Å². The summed E-state index contributed by atoms with van der Waals surface area (Å²) in [5.74, 6) is 0.363. The minimum absolute atomic E-state index is 0.0920. The number of nitrogens with zero attached hydrogens (tertiary/aromatic N) is 2. The molecule has 27 heavy (non-hydrogen) atoms. The first-order chi connectivity index (χ1) is 13.1. The summed E-state index contributed by atoms with van der Waals surface area (Å²) in [6.07, 6.45) is 5.74. The van der Waals surface area contributed by atoms with Crippen LogP contribution in [0, 0.1) is 0 Å². The molecule has 5 nitrogen and oxygen atoms in total. The second-order valence-electron chi connectivity index (χ2n) is 7.51. The highest BCUT2D eigenvalue weighted by atomic mass is 35.5. The smallest absolute Gasteiger partial charge is 0.318 e. The average molecular weight is 413 g/mol. The van der Waals surface area contributed by atoms with E-state index in [1.165, 1.54) is 18.4 Å². The van der Waals surface area contributed by atoms with Crippen LogP contribution in [0.3, 0.4) is 0 Å². The van der Waals surface area contributed by atoms with Gasteiger partial charge in [0, 0.05) is 32.7 Å². The Morgan fingerprint density at radius 2 is 2.07 bits per heavy atom. The maximum atomic E-state index is 12.3. The number of carbonyl (C=O) groups is 1. The number of hydrogen-bond donors (Lipinski definition) is 2. The molecule has 7 heteroatoms. The van der Waals surface area contributed by atoms with Crippen LogP contribution in [0.1, 0.15) is 43.6 Å². The molecule has 1 aromatic carbocycles. The lowest BCUT2D eigenvalue weighted by Gasteiger charge is -2.44. The van der Waals surface area contributed by atoms with Crippen molar-refractivity contribution in [1.29, 1.82) is 0 Å². The molecule has 150 valence electrons. The highest BCUT2D eigenvalue weighted by Gasteiger charge is 2.32. The van der Waals surface area contributed by atoms with Crippen molar-refractivity contribution >= 4 is 29.2 Å². The van der Waals surface area contributed by atoms with Gasteiger partial charge in [0.2, 0.25) is 0 Å². The third-order valence-corrected chi connectivity index (χ3v) is 6.42. The van der Waals surface area contributed by atoms with E-state index in [1.54, 1.807) is 0 Å². The summed E-state index contributed by atoms with van der Waals surface area (Å²) in [6.45, 7) is 4.58. The van der Waals surface area contributed by atoms with Gasteiger partial charge in [0.1, 0.15) is 0 Å². The number of benzene rings is 1. The van der Waals surface area contributed by atoms with E-state index >= 15 is 0 Å². The second-order valence-corrected chi connectivity index (χ2v) is 8.32. The quantitative estimate of drug-likeness (QED) is 0.713. The molecular formula is C20H30Cl2N4O. The number of likely N-dealkylation sites (tertiary alicyclic amines) is 1. The number of carbonyl (C=O) groups excluding carboxylic acids is 1. The predicted molar refractivity (Wildman–Crippen MR) is 112 cm³/mol. The Balaban J connectivity index is 1.67. The number of nitrogens with one attached hydrogen (secondary N) is 2. The molecule has 0 radical (unpaired) electrons. The zero-order chi connectivity index (χ0) is 19.2. The van der Waals surface area contributed by atoms with Crippen LogP contribution in [-0.2, 0) is 0 Å². The molecule has 0 bridgehead atoms. The van der Waals surface area contributed by atoms with Crippen LogP contribution in [0.4, 0.5) is 4.79 Å². The first-order valence-corrected chi connectivity index (χ1v) is 10.7. The van der Waals surface area contributed by atoms with Crippen molar-refractivity contribution in [1.82, 2.24) is 20.4 Å². The van der Waals surface area contributed by atoms with Crippen molar-refractivity contribution in [2.24, 2.45) is 0 Å². The lowest BCUT2D eigenvalue weighted by Crippen LogP contribution is -2.58. The van der Waals surface area contributed by atoms with E-state index < -0.39 is 0 Å². The molecule has 2 aliphatic rings. The van der Waals surface area contributed by atoms with Gasteiger partial charge in [-0.05, 0) is 62.8 Å². The van der Waals surface area contributed by atoms with Gasteiger partial charge in [-0.15, -0.1) is 0 Å². The Morgan fingerprint density at radius 1 is 1.22 bits per heavy atom. The van der Waals surface area contributed by atoms with Gasteiger partial charge in [-0.2, -0.15) is 0 Å². The standard InChI is InChI=1S/C20H30Cl2N4O/c1-23-14-16(15-6-7-17(21)18(22)13-15)8-12-25-10-3-2-5-19(25)26-11-4-9-24-20(26)27/h6-7,13,16,19,23H,2-5,8-12,14H2,1H3,(H,24,27). The largest absolute Gasteiger partial charge is 0.338 e. The Kier molecular flexibility index (Phi) is 7.65. The molecule has 0 aliphatic carbocycles. The van der Waals surface area contributed by atoms with Gasteiger partial charge < -0.3 is 15.5 Å². The lowest BCUT2D eigenvalue weighted by atomic mass is 9.94. The van der Waals surface area contributed by atoms with Crippen LogP contribution in [0.15, 0.2) is 18.2 Å². The molecule has 2 atom stereocenters. The molecular weight excluding hydrogens is 383 g/mol. The summed E-state index contributed by atoms with van der Waals surface area (Å²) >= 11 is 12.3. The molecule has 0 aromatic heterocycles. The topological polar surface area (TPSA) is 47.6 Å². The summed E-state index contributed by atoms with van der Waals surface area (Å²) in [7, 11) is 1.98. The molecule has 2 heterocycles. The summed E-state index contributed by atoms with van der Waals surface area (Å²) in [5, 5.41) is 7.50. The molecule has 0 spiro atoms. The Morgan fingerprint density at radius 3 is 2.81 bits per heavy atom. The van der Waals surface area contributed by atoms with E-state index in [2.05, 4.69) is 21.6 Å². The summed E-state index contributed by atoms with van der Waals surface area (Å²) in [5.41, 5.74) is 1.21. The number of urea groups is 1. The number of halogens is 2. The number of rotatable bonds is 7. The molecule has 3 rings (SSSR count). The van der Waals surface area contributed by atoms with E-state index in [1.807, 2.05) is 24.1 Å². The van der Waals surface area contributed by atoms with Crippen LogP contribution in [0.25, 0.3) is 0 Å². The van der Waals surface area contributed by atoms with Crippen LogP contribution in [0.2, 0.25) is 10.0 Å². The van der Waals surface area contributed by atoms with Crippen LogP contribution >= 0.6 is 23.2 Å². The van der Waals surface area contributed by atoms with Crippen molar-refractivity contribution in [2.45, 2.75) is 44.2 Å². The van der Waals surface area contributed by atoms with Gasteiger partial charge in [0.15, 0.2) is 0 Å². The molecule has 2 aliphatic heterocycles. The minimum atomic E-state index is 0.0920. The fourth-order valence-electron chi connectivity index (χ4n) is 4.24. The van der Waals surface area contributed by atoms with Crippen LogP contribution in [0.5, 0.6) is 0 Å². The van der Waals surface area contributed by atoms with Gasteiger partial charge in [-0.3, -0.25) is 4.90 Å². The molecule has 1 aromatic rings. The second kappa shape index (κ2) is 9.97. The van der Waals surface area contributed by atoms with Gasteiger partial charge >= 0.3 is 6.03 Å². The van der Waals surface area contributed by atoms with Crippen LogP contribution < -0.4 is 10.6 Å². The van der Waals surface area contributed by atoms with Crippen molar-refractivity contribution < 1.29 is 4.79 Å². The zero-order valence-corrected chi connectivity index (χ0v) is 17.5. The monoisotopic (exact) mass is 412 g/mol. The normalized spacial score (nSPS) is 22.6. The highest BCUT2D eigenvalue weighted by molar-refractivity contribution is 6.42. The molecule has 2 amide bonds. The molecule has 2 unspecified atom stereocenters. The van der Waals surface area contributed by atoms with Gasteiger partial charge in [0.25, 0.3) is 0 Å². The number of amides is 2. The highest BCUT2D eigenvalue weighted by Crippen LogP contribution is 2.29. The summed E-state index contributed by atoms with van der Waals surface area (Å²) in [6, 6.07) is 6.03. The van der Waals surface area contributed by atoms with Crippen molar-refractivity contribution in [2.75, 3.05) is 39.8 Å². The van der Waals surface area contributed by atoms with E-state index in [0.29, 0.717) is 16.0 Å². The number of likely N-dealkylation sites (N-methyl/N-ethyl adjacent to an activating group) is 1. The molecule has 0 saturated carbocycles. The van der Waals surface area contributed by atoms with E-state index in [4.69, 9.17) is 23.2 Å². The fraction of sp³-hybridized carbons (Fsp3) is 0.650. The summed E-state index contributed by atoms with van der Waals surface area (Å²) in [4.78, 5) is 16.9. The Hall–Kier alpha value is -1.01. The third-order valence-electron chi connectivity index (χ3n) is 5.68. The number of hydrogen-bond acceptors (Lipinski definition) is 3. The average Bonchev–Trinajstić information content (AvgIpc) is 2.68. The zero-order valence-electron chi connectivity index (χ0n) is 16.0. The van der Waals surface area contributed by atoms with Crippen molar-refractivity contribution in [3.8, 4) is 0 Å². The van der Waals surface area contributed by atoms with E-state index in [0.717, 1.165) is 52.0 Å². The Labute approximate surface area is 172 Å². The maximum absolute atomic E-state index is 12.3. The first-order valence-electron chi connectivity index (χ1n) is 9.98. The summed E-state index contributed by atoms with van der Waals surface area (Å²) < 4.78 is 0. The van der Waals surface area contributed by atoms with Gasteiger partial charge in [0.05, 0.1) is 16.2 Å². The van der Waals surface area contributed by atoms with Crippen molar-refractivity contribution in [3.05, 3.63) is 33.8 Å². The number of piperidine rings is 1. The maximum Gasteiger partial charge on any atom is 0.318 e. The fourth-order valence-corrected chi connectivity index (χ4v) is 4.55. The van der Waals surface area contributed by atoms with Gasteiger partial charge in [-0.25, -0.2) is 4.79 Å². The van der Waals surface area contributed by atoms with E-state index in [9.17, 15) is 4.79 Å². The van der Waals surface area contributed by atoms with Gasteiger partial charge in [-0.1, -0.05) is 29.3 Å². The minimum Gasteiger partial charge on any atom is -0.338 e. The third kappa shape index (κ3) is 5.29. The predicted octanol–water partition coefficient (Wildman–Crippen LogP) is 3.91. The molecule has 2 saturated heterocycles.